The van der Waals surface area contributed by atoms with Crippen molar-refractivity contribution in [1.82, 2.24) is 37.2 Å². The molecule has 0 aromatic rings. The van der Waals surface area contributed by atoms with Gasteiger partial charge in [0.2, 0.25) is 35.4 Å². The average molecular weight is 878 g/mol. The Balaban J connectivity index is 6.55. The number of amides is 6. The first-order chi connectivity index (χ1) is 27.9. The number of rotatable bonds is 28. The fraction of sp³-hybridized carbons (Fsp3) is 0.576. The third kappa shape index (κ3) is 22.5. The Morgan fingerprint density at radius 3 is 0.672 bits per heavy atom. The molecule has 0 unspecified atom stereocenters. The van der Waals surface area contributed by atoms with Gasteiger partial charge in [0.25, 0.3) is 0 Å². The zero-order chi connectivity index (χ0) is 47.5. The zero-order valence-electron chi connectivity index (χ0n) is 32.8. The van der Waals surface area contributed by atoms with Gasteiger partial charge in [-0.2, -0.15) is 0 Å². The van der Waals surface area contributed by atoms with Crippen LogP contribution in [0.15, 0.2) is 0 Å². The summed E-state index contributed by atoms with van der Waals surface area (Å²) in [6.45, 7) is 5.52. The molecule has 0 aliphatic rings. The molecule has 340 valence electrons. The Morgan fingerprint density at radius 2 is 0.492 bits per heavy atom. The van der Waals surface area contributed by atoms with E-state index in [4.69, 9.17) is 5.11 Å². The SMILES string of the molecule is CC(=O)[C@H](CC(=O)O)NC(=O)[C@H](CC(=O)O)NC(=O)[C@H](CC(=O)O)NC(=O)[C@H](CC(=O)O)NC(=O)[C@H](CC(=O)O)NC(=O)[C@H](CC(=O)O)NC(=O)[C@H](CC(=O)O)NC(C)(C)C. The molecule has 0 radical (unpaired) electrons. The Kier molecular flexibility index (Phi) is 21.7. The second-order valence-corrected chi connectivity index (χ2v) is 14.1. The largest absolute Gasteiger partial charge is 0.481 e. The van der Waals surface area contributed by atoms with Gasteiger partial charge in [0.15, 0.2) is 5.78 Å². The van der Waals surface area contributed by atoms with Crippen LogP contribution in [0.4, 0.5) is 0 Å². The average Bonchev–Trinajstić information content (AvgIpc) is 3.07. The fourth-order valence-electron chi connectivity index (χ4n) is 4.93. The molecule has 0 aliphatic heterocycles. The molecule has 0 bridgehead atoms. The number of ketones is 1. The van der Waals surface area contributed by atoms with Gasteiger partial charge >= 0.3 is 41.8 Å². The van der Waals surface area contributed by atoms with E-state index < -0.39 is 176 Å². The van der Waals surface area contributed by atoms with Gasteiger partial charge in [-0.3, -0.25) is 67.1 Å². The lowest BCUT2D eigenvalue weighted by Gasteiger charge is -2.29. The van der Waals surface area contributed by atoms with E-state index in [-0.39, 0.29) is 0 Å². The maximum absolute atomic E-state index is 13.3. The Hall–Kier alpha value is -7.26. The number of carbonyl (C=O) groups excluding carboxylic acids is 7. The lowest BCUT2D eigenvalue weighted by atomic mass is 10.0. The number of Topliss-reactive ketones (excluding diaryl/α,β-unsaturated/α-hetero) is 1. The summed E-state index contributed by atoms with van der Waals surface area (Å²) in [5.74, 6) is -22.0. The number of aliphatic carboxylic acids is 7. The van der Waals surface area contributed by atoms with E-state index in [1.807, 2.05) is 21.3 Å². The molecule has 0 saturated carbocycles. The molecule has 14 N–H and O–H groups in total. The molecular formula is C33H47N7O21. The summed E-state index contributed by atoms with van der Waals surface area (Å²) in [6.07, 6.45) is -8.35. The van der Waals surface area contributed by atoms with Crippen molar-refractivity contribution < 1.29 is 103 Å². The van der Waals surface area contributed by atoms with E-state index in [1.165, 1.54) is 0 Å². The zero-order valence-corrected chi connectivity index (χ0v) is 32.8. The summed E-state index contributed by atoms with van der Waals surface area (Å²) < 4.78 is 0. The number of carbonyl (C=O) groups is 14. The maximum Gasteiger partial charge on any atom is 0.305 e. The minimum absolute atomic E-state index is 0.856. The van der Waals surface area contributed by atoms with Crippen LogP contribution in [-0.2, 0) is 67.1 Å². The van der Waals surface area contributed by atoms with Crippen molar-refractivity contribution in [3.63, 3.8) is 0 Å². The Morgan fingerprint density at radius 1 is 0.328 bits per heavy atom. The fourth-order valence-corrected chi connectivity index (χ4v) is 4.93. The molecule has 6 amide bonds. The second-order valence-electron chi connectivity index (χ2n) is 14.1. The Labute approximate surface area is 343 Å². The maximum atomic E-state index is 13.3. The van der Waals surface area contributed by atoms with Gasteiger partial charge < -0.3 is 73.0 Å². The van der Waals surface area contributed by atoms with Crippen molar-refractivity contribution >= 4 is 83.0 Å². The van der Waals surface area contributed by atoms with Crippen molar-refractivity contribution in [2.75, 3.05) is 0 Å². The van der Waals surface area contributed by atoms with Crippen molar-refractivity contribution in [3.05, 3.63) is 0 Å². The summed E-state index contributed by atoms with van der Waals surface area (Å²) >= 11 is 0. The predicted octanol–water partition coefficient (Wildman–Crippen LogP) is -5.44. The van der Waals surface area contributed by atoms with Crippen molar-refractivity contribution in [3.8, 4) is 0 Å². The summed E-state index contributed by atoms with van der Waals surface area (Å²) in [5.41, 5.74) is -0.895. The third-order valence-electron chi connectivity index (χ3n) is 7.55. The van der Waals surface area contributed by atoms with E-state index in [0.717, 1.165) is 6.92 Å². The van der Waals surface area contributed by atoms with Gasteiger partial charge in [-0.25, -0.2) is 0 Å². The number of carboxylic acid groups (broad SMARTS) is 7. The van der Waals surface area contributed by atoms with E-state index in [0.29, 0.717) is 0 Å². The lowest BCUT2D eigenvalue weighted by Crippen LogP contribution is -2.61. The van der Waals surface area contributed by atoms with Crippen LogP contribution in [0.2, 0.25) is 0 Å². The van der Waals surface area contributed by atoms with E-state index in [9.17, 15) is 97.8 Å². The highest BCUT2D eigenvalue weighted by Crippen LogP contribution is 2.08. The van der Waals surface area contributed by atoms with Crippen LogP contribution in [0.5, 0.6) is 0 Å². The lowest BCUT2D eigenvalue weighted by molar-refractivity contribution is -0.145. The number of hydrogen-bond donors (Lipinski definition) is 14. The molecule has 28 nitrogen and oxygen atoms in total. The molecule has 0 rings (SSSR count). The first kappa shape index (κ1) is 53.7. The number of carboxylic acids is 7. The van der Waals surface area contributed by atoms with Gasteiger partial charge in [-0.05, 0) is 27.7 Å². The van der Waals surface area contributed by atoms with E-state index in [1.54, 1.807) is 31.4 Å². The highest BCUT2D eigenvalue weighted by molar-refractivity contribution is 6.01. The first-order valence-corrected chi connectivity index (χ1v) is 17.5. The molecule has 28 heteroatoms. The number of nitrogens with one attached hydrogen (secondary N) is 7. The summed E-state index contributed by atoms with van der Waals surface area (Å²) in [7, 11) is 0. The third-order valence-corrected chi connectivity index (χ3v) is 7.55. The van der Waals surface area contributed by atoms with Crippen LogP contribution >= 0.6 is 0 Å². The molecular weight excluding hydrogens is 830 g/mol. The predicted molar refractivity (Wildman–Crippen MR) is 195 cm³/mol. The topological polar surface area (TPSA) is 465 Å². The molecule has 0 saturated heterocycles. The highest BCUT2D eigenvalue weighted by Gasteiger charge is 2.37. The monoisotopic (exact) mass is 877 g/mol. The molecule has 0 spiro atoms. The quantitative estimate of drug-likeness (QED) is 0.0349. The number of hydrogen-bond acceptors (Lipinski definition) is 15. The normalized spacial score (nSPS) is 14.4. The minimum atomic E-state index is -2.33. The van der Waals surface area contributed by atoms with Gasteiger partial charge in [0.05, 0.1) is 57.0 Å². The van der Waals surface area contributed by atoms with Gasteiger partial charge in [-0.15, -0.1) is 0 Å². The Bertz CT molecular complexity index is 1760. The standard InChI is InChI=1S/C33H47N7O21/c1-12(41)13(5-20(42)43)34-27(56)14(6-21(44)45)35-28(57)15(7-22(46)47)36-29(58)16(8-23(48)49)37-30(59)17(9-24(50)51)38-31(60)18(10-25(52)53)39-32(61)19(11-26(54)55)40-33(2,3)4/h13-19,40H,5-11H2,1-4H3,(H,34,56)(H,35,57)(H,36,58)(H,37,59)(H,38,60)(H,39,61)(H,42,43)(H,44,45)(H,46,47)(H,48,49)(H,50,51)(H,52,53)(H,54,55)/t13-,14-,15-,16-,17-,18-,19-/m0/s1. The summed E-state index contributed by atoms with van der Waals surface area (Å²) in [6, 6.07) is -14.4. The molecule has 0 aromatic heterocycles. The van der Waals surface area contributed by atoms with Crippen LogP contribution in [0.3, 0.4) is 0 Å². The van der Waals surface area contributed by atoms with Crippen LogP contribution in [-0.4, -0.2) is 167 Å². The van der Waals surface area contributed by atoms with Gasteiger partial charge in [0, 0.05) is 5.54 Å². The molecule has 0 fully saturated rings. The van der Waals surface area contributed by atoms with Crippen molar-refractivity contribution in [2.24, 2.45) is 0 Å². The van der Waals surface area contributed by atoms with E-state index in [2.05, 4.69) is 5.32 Å². The van der Waals surface area contributed by atoms with E-state index >= 15 is 0 Å². The highest BCUT2D eigenvalue weighted by atomic mass is 16.4. The summed E-state index contributed by atoms with van der Waals surface area (Å²) in [5, 5.41) is 78.9. The second kappa shape index (κ2) is 24.6. The van der Waals surface area contributed by atoms with Crippen LogP contribution in [0.1, 0.15) is 72.6 Å². The van der Waals surface area contributed by atoms with Crippen molar-refractivity contribution in [2.45, 2.75) is 120 Å². The molecule has 61 heavy (non-hydrogen) atoms. The van der Waals surface area contributed by atoms with Crippen molar-refractivity contribution in [1.29, 1.82) is 0 Å². The van der Waals surface area contributed by atoms with Gasteiger partial charge in [-0.1, -0.05) is 0 Å². The molecule has 0 heterocycles. The van der Waals surface area contributed by atoms with Crippen LogP contribution < -0.4 is 37.2 Å². The summed E-state index contributed by atoms with van der Waals surface area (Å²) in [4.78, 5) is 171. The molecule has 0 aliphatic carbocycles. The smallest absolute Gasteiger partial charge is 0.305 e. The first-order valence-electron chi connectivity index (χ1n) is 17.5. The molecule has 7 atom stereocenters. The van der Waals surface area contributed by atoms with Gasteiger partial charge in [0.1, 0.15) is 30.2 Å². The van der Waals surface area contributed by atoms with Crippen LogP contribution in [0.25, 0.3) is 0 Å². The molecule has 0 aromatic carbocycles. The van der Waals surface area contributed by atoms with Crippen LogP contribution in [0, 0.1) is 0 Å². The minimum Gasteiger partial charge on any atom is -0.481 e.